The van der Waals surface area contributed by atoms with Crippen molar-refractivity contribution in [1.29, 1.82) is 0 Å². The summed E-state index contributed by atoms with van der Waals surface area (Å²) in [5, 5.41) is 9.19. The van der Waals surface area contributed by atoms with E-state index in [4.69, 9.17) is 5.11 Å². The molecule has 1 heterocycles. The highest BCUT2D eigenvalue weighted by Crippen LogP contribution is 2.22. The van der Waals surface area contributed by atoms with E-state index in [1.165, 1.54) is 13.3 Å². The van der Waals surface area contributed by atoms with E-state index < -0.39 is 11.9 Å². The number of nitrogens with one attached hydrogen (secondary N) is 1. The molecule has 1 aromatic carbocycles. The summed E-state index contributed by atoms with van der Waals surface area (Å²) in [6, 6.07) is 4.83. The Balaban J connectivity index is 2.36. The number of benzene rings is 1. The van der Waals surface area contributed by atoms with Gasteiger partial charge in [-0.05, 0) is 18.2 Å². The first-order valence-electron chi connectivity index (χ1n) is 5.97. The molecular weight excluding hydrogens is 262 g/mol. The predicted octanol–water partition coefficient (Wildman–Crippen LogP) is 2.00. The minimum atomic E-state index is -1.02. The number of fused-ring (bicyclic) bond motifs is 1. The van der Waals surface area contributed by atoms with E-state index in [2.05, 4.69) is 9.72 Å². The van der Waals surface area contributed by atoms with Crippen molar-refractivity contribution in [3.63, 3.8) is 0 Å². The van der Waals surface area contributed by atoms with E-state index in [0.717, 1.165) is 0 Å². The molecule has 0 unspecified atom stereocenters. The third-order valence-electron chi connectivity index (χ3n) is 2.97. The first-order valence-corrected chi connectivity index (χ1v) is 5.97. The van der Waals surface area contributed by atoms with Gasteiger partial charge in [-0.1, -0.05) is 0 Å². The predicted molar refractivity (Wildman–Crippen MR) is 70.8 cm³/mol. The van der Waals surface area contributed by atoms with Crippen LogP contribution in [0.4, 0.5) is 0 Å². The second-order valence-corrected chi connectivity index (χ2v) is 4.27. The Hall–Kier alpha value is -2.63. The maximum atomic E-state index is 12.0. The third-order valence-corrected chi connectivity index (χ3v) is 2.97. The molecule has 0 radical (unpaired) electrons. The lowest BCUT2D eigenvalue weighted by Gasteiger charge is -2.01. The minimum Gasteiger partial charge on any atom is -0.481 e. The summed E-state index contributed by atoms with van der Waals surface area (Å²) < 4.78 is 4.63. The molecule has 0 saturated carbocycles. The Kier molecular flexibility index (Phi) is 3.84. The Bertz CT molecular complexity index is 686. The van der Waals surface area contributed by atoms with Crippen molar-refractivity contribution in [1.82, 2.24) is 4.98 Å². The molecule has 2 rings (SSSR count). The standard InChI is InChI=1S/C14H13NO5/c1-20-14(19)8-2-3-11-9(6-8)10(7-15-11)12(16)4-5-13(17)18/h2-3,6-7,15H,4-5H2,1H3,(H,17,18). The number of carbonyl (C=O) groups is 3. The Morgan fingerprint density at radius 1 is 1.25 bits per heavy atom. The van der Waals surface area contributed by atoms with Gasteiger partial charge in [0.15, 0.2) is 5.78 Å². The van der Waals surface area contributed by atoms with E-state index >= 15 is 0 Å². The number of aromatic amines is 1. The van der Waals surface area contributed by atoms with Gasteiger partial charge in [0.25, 0.3) is 0 Å². The fraction of sp³-hybridized carbons (Fsp3) is 0.214. The molecule has 1 aromatic heterocycles. The van der Waals surface area contributed by atoms with Gasteiger partial charge in [0, 0.05) is 29.1 Å². The molecule has 0 aliphatic carbocycles. The van der Waals surface area contributed by atoms with Crippen LogP contribution in [0.15, 0.2) is 24.4 Å². The average Bonchev–Trinajstić information content (AvgIpc) is 2.86. The van der Waals surface area contributed by atoms with Crippen LogP contribution in [0.5, 0.6) is 0 Å². The zero-order chi connectivity index (χ0) is 14.7. The fourth-order valence-electron chi connectivity index (χ4n) is 1.95. The number of esters is 1. The first kappa shape index (κ1) is 13.8. The molecule has 0 spiro atoms. The van der Waals surface area contributed by atoms with E-state index in [1.54, 1.807) is 18.2 Å². The summed E-state index contributed by atoms with van der Waals surface area (Å²) in [5.41, 5.74) is 1.43. The lowest BCUT2D eigenvalue weighted by Crippen LogP contribution is -2.04. The number of carbonyl (C=O) groups excluding carboxylic acids is 2. The van der Waals surface area contributed by atoms with Crippen LogP contribution < -0.4 is 0 Å². The number of H-pyrrole nitrogens is 1. The molecule has 0 amide bonds. The lowest BCUT2D eigenvalue weighted by atomic mass is 10.0. The van der Waals surface area contributed by atoms with Gasteiger partial charge in [0.2, 0.25) is 0 Å². The maximum absolute atomic E-state index is 12.0. The number of methoxy groups -OCH3 is 1. The number of carboxylic acid groups (broad SMARTS) is 1. The van der Waals surface area contributed by atoms with Crippen LogP contribution in [-0.2, 0) is 9.53 Å². The Labute approximate surface area is 114 Å². The normalized spacial score (nSPS) is 10.4. The van der Waals surface area contributed by atoms with Gasteiger partial charge in [-0.25, -0.2) is 4.79 Å². The largest absolute Gasteiger partial charge is 0.481 e. The summed E-state index contributed by atoms with van der Waals surface area (Å²) in [5.74, 6) is -1.79. The fourth-order valence-corrected chi connectivity index (χ4v) is 1.95. The molecule has 2 N–H and O–H groups in total. The van der Waals surface area contributed by atoms with Crippen LogP contribution in [0.25, 0.3) is 10.9 Å². The van der Waals surface area contributed by atoms with Gasteiger partial charge in [-0.2, -0.15) is 0 Å². The number of ketones is 1. The minimum absolute atomic E-state index is 0.0786. The van der Waals surface area contributed by atoms with Crippen molar-refractivity contribution in [2.24, 2.45) is 0 Å². The Morgan fingerprint density at radius 3 is 2.65 bits per heavy atom. The van der Waals surface area contributed by atoms with E-state index in [9.17, 15) is 14.4 Å². The second kappa shape index (κ2) is 5.56. The van der Waals surface area contributed by atoms with Gasteiger partial charge in [-0.3, -0.25) is 9.59 Å². The van der Waals surface area contributed by atoms with Crippen LogP contribution in [0.3, 0.4) is 0 Å². The molecule has 0 saturated heterocycles. The number of carboxylic acids is 1. The van der Waals surface area contributed by atoms with E-state index in [-0.39, 0.29) is 18.6 Å². The topological polar surface area (TPSA) is 96.5 Å². The summed E-state index contributed by atoms with van der Waals surface area (Å²) in [6.07, 6.45) is 1.23. The molecule has 0 fully saturated rings. The number of aliphatic carboxylic acids is 1. The molecule has 0 aliphatic heterocycles. The van der Waals surface area contributed by atoms with E-state index in [0.29, 0.717) is 22.0 Å². The van der Waals surface area contributed by atoms with Gasteiger partial charge in [0.1, 0.15) is 0 Å². The SMILES string of the molecule is COC(=O)c1ccc2[nH]cc(C(=O)CCC(=O)O)c2c1. The highest BCUT2D eigenvalue weighted by atomic mass is 16.5. The van der Waals surface area contributed by atoms with Crippen molar-refractivity contribution >= 4 is 28.6 Å². The van der Waals surface area contributed by atoms with Crippen LogP contribution in [0, 0.1) is 0 Å². The summed E-state index contributed by atoms with van der Waals surface area (Å²) >= 11 is 0. The van der Waals surface area contributed by atoms with Crippen molar-refractivity contribution in [2.75, 3.05) is 7.11 Å². The quantitative estimate of drug-likeness (QED) is 0.642. The van der Waals surface area contributed by atoms with Gasteiger partial charge in [0.05, 0.1) is 19.1 Å². The number of Topliss-reactive ketones (excluding diaryl/α,β-unsaturated/α-hetero) is 1. The summed E-state index contributed by atoms with van der Waals surface area (Å²) in [7, 11) is 1.28. The summed E-state index contributed by atoms with van der Waals surface area (Å²) in [6.45, 7) is 0. The smallest absolute Gasteiger partial charge is 0.337 e. The van der Waals surface area contributed by atoms with Crippen molar-refractivity contribution in [3.05, 3.63) is 35.5 Å². The number of hydrogen-bond donors (Lipinski definition) is 2. The number of ether oxygens (including phenoxy) is 1. The average molecular weight is 275 g/mol. The lowest BCUT2D eigenvalue weighted by molar-refractivity contribution is -0.136. The zero-order valence-electron chi connectivity index (χ0n) is 10.8. The molecule has 104 valence electrons. The van der Waals surface area contributed by atoms with Crippen molar-refractivity contribution in [3.8, 4) is 0 Å². The van der Waals surface area contributed by atoms with Gasteiger partial charge >= 0.3 is 11.9 Å². The van der Waals surface area contributed by atoms with Crippen molar-refractivity contribution in [2.45, 2.75) is 12.8 Å². The van der Waals surface area contributed by atoms with Crippen LogP contribution in [-0.4, -0.2) is 34.9 Å². The van der Waals surface area contributed by atoms with E-state index in [1.807, 2.05) is 0 Å². The van der Waals surface area contributed by atoms with Gasteiger partial charge in [-0.15, -0.1) is 0 Å². The molecule has 0 bridgehead atoms. The van der Waals surface area contributed by atoms with Crippen LogP contribution >= 0.6 is 0 Å². The Morgan fingerprint density at radius 2 is 2.00 bits per heavy atom. The number of rotatable bonds is 5. The molecule has 6 nitrogen and oxygen atoms in total. The molecule has 6 heteroatoms. The molecule has 0 atom stereocenters. The molecule has 0 aliphatic rings. The monoisotopic (exact) mass is 275 g/mol. The van der Waals surface area contributed by atoms with Crippen LogP contribution in [0.2, 0.25) is 0 Å². The van der Waals surface area contributed by atoms with Crippen LogP contribution in [0.1, 0.15) is 33.6 Å². The highest BCUT2D eigenvalue weighted by Gasteiger charge is 2.15. The van der Waals surface area contributed by atoms with Gasteiger partial charge < -0.3 is 14.8 Å². The highest BCUT2D eigenvalue weighted by molar-refractivity contribution is 6.09. The number of hydrogen-bond acceptors (Lipinski definition) is 4. The summed E-state index contributed by atoms with van der Waals surface area (Å²) in [4.78, 5) is 36.9. The van der Waals surface area contributed by atoms with Crippen molar-refractivity contribution < 1.29 is 24.2 Å². The molecular formula is C14H13NO5. The number of aromatic nitrogens is 1. The molecule has 20 heavy (non-hydrogen) atoms. The third kappa shape index (κ3) is 2.69. The molecule has 2 aromatic rings. The second-order valence-electron chi connectivity index (χ2n) is 4.27. The zero-order valence-corrected chi connectivity index (χ0v) is 10.8. The maximum Gasteiger partial charge on any atom is 0.337 e. The first-order chi connectivity index (χ1) is 9.52.